The normalized spacial score (nSPS) is 46.1. The zero-order chi connectivity index (χ0) is 22.9. The van der Waals surface area contributed by atoms with Crippen LogP contribution in [-0.2, 0) is 19.1 Å². The third kappa shape index (κ3) is 3.03. The molecule has 0 bridgehead atoms. The molecule has 9 heteroatoms. The summed E-state index contributed by atoms with van der Waals surface area (Å²) < 4.78 is 20.7. The van der Waals surface area contributed by atoms with Crippen molar-refractivity contribution in [2.24, 2.45) is 28.6 Å². The number of allylic oxidation sites excluding steroid dienone is 4. The Morgan fingerprint density at radius 2 is 2.00 bits per heavy atom. The topological polar surface area (TPSA) is 101 Å². The highest BCUT2D eigenvalue weighted by atomic mass is 35.5. The van der Waals surface area contributed by atoms with Gasteiger partial charge in [-0.15, -0.1) is 0 Å². The van der Waals surface area contributed by atoms with Crippen LogP contribution in [0.1, 0.15) is 39.5 Å². The van der Waals surface area contributed by atoms with Gasteiger partial charge in [0.2, 0.25) is 10.4 Å². The van der Waals surface area contributed by atoms with Gasteiger partial charge in [0.05, 0.1) is 6.10 Å². The van der Waals surface area contributed by atoms with Gasteiger partial charge in [0.15, 0.2) is 5.78 Å². The number of halogens is 3. The Kier molecular flexibility index (Phi) is 5.35. The van der Waals surface area contributed by atoms with Crippen LogP contribution >= 0.6 is 23.2 Å². The molecule has 0 aromatic carbocycles. The molecule has 0 aliphatic heterocycles. The molecule has 170 valence electrons. The molecule has 4 aliphatic rings. The minimum Gasteiger partial charge on any atom is -0.478 e. The van der Waals surface area contributed by atoms with Crippen molar-refractivity contribution in [2.75, 3.05) is 0 Å². The molecule has 0 radical (unpaired) electrons. The van der Waals surface area contributed by atoms with Gasteiger partial charge in [-0.05, 0) is 55.2 Å². The summed E-state index contributed by atoms with van der Waals surface area (Å²) in [6.07, 6.45) is 2.57. The first-order valence-corrected chi connectivity index (χ1v) is 11.3. The predicted octanol–water partition coefficient (Wildman–Crippen LogP) is 3.38. The molecule has 2 N–H and O–H groups in total. The lowest BCUT2D eigenvalue weighted by atomic mass is 9.46. The highest BCUT2D eigenvalue weighted by Gasteiger charge is 2.71. The monoisotopic (exact) mass is 474 g/mol. The lowest BCUT2D eigenvalue weighted by Gasteiger charge is -2.59. The van der Waals surface area contributed by atoms with Gasteiger partial charge in [0, 0.05) is 16.7 Å². The maximum atomic E-state index is 15.3. The molecule has 0 aromatic heterocycles. The Bertz CT molecular complexity index is 902. The molecule has 4 aliphatic carbocycles. The highest BCUT2D eigenvalue weighted by Crippen LogP contribution is 2.68. The first-order chi connectivity index (χ1) is 14.4. The number of carbonyl (C=O) groups is 3. The van der Waals surface area contributed by atoms with Crippen LogP contribution in [-0.4, -0.2) is 50.6 Å². The first-order valence-electron chi connectivity index (χ1n) is 10.4. The van der Waals surface area contributed by atoms with Gasteiger partial charge in [-0.25, -0.2) is 14.0 Å². The zero-order valence-corrected chi connectivity index (χ0v) is 18.7. The third-order valence-electron chi connectivity index (χ3n) is 8.40. The maximum Gasteiger partial charge on any atom is 0.348 e. The molecule has 0 heterocycles. The van der Waals surface area contributed by atoms with Crippen molar-refractivity contribution in [1.29, 1.82) is 0 Å². The number of esters is 1. The summed E-state index contributed by atoms with van der Waals surface area (Å²) in [4.78, 5) is 34.9. The van der Waals surface area contributed by atoms with E-state index in [1.165, 1.54) is 12.2 Å². The second-order valence-electron chi connectivity index (χ2n) is 9.70. The summed E-state index contributed by atoms with van der Waals surface area (Å²) in [6, 6.07) is 0. The van der Waals surface area contributed by atoms with Gasteiger partial charge >= 0.3 is 11.9 Å². The molecule has 0 saturated heterocycles. The van der Waals surface area contributed by atoms with Crippen LogP contribution in [0.3, 0.4) is 0 Å². The number of ketones is 1. The van der Waals surface area contributed by atoms with E-state index < -0.39 is 45.5 Å². The van der Waals surface area contributed by atoms with E-state index in [9.17, 15) is 24.6 Å². The number of carbonyl (C=O) groups excluding carboxylic acids is 2. The summed E-state index contributed by atoms with van der Waals surface area (Å²) in [7, 11) is 0. The number of aliphatic hydroxyl groups is 1. The Balaban J connectivity index is 1.77. The van der Waals surface area contributed by atoms with Gasteiger partial charge in [0.1, 0.15) is 6.17 Å². The van der Waals surface area contributed by atoms with Crippen LogP contribution in [0.4, 0.5) is 4.39 Å². The Hall–Kier alpha value is -1.44. The maximum absolute atomic E-state index is 15.3. The molecule has 8 atom stereocenters. The van der Waals surface area contributed by atoms with Crippen LogP contribution in [0.25, 0.3) is 0 Å². The van der Waals surface area contributed by atoms with Crippen molar-refractivity contribution in [3.63, 3.8) is 0 Å². The smallest absolute Gasteiger partial charge is 0.348 e. The number of hydrogen-bond donors (Lipinski definition) is 2. The average Bonchev–Trinajstić information content (AvgIpc) is 2.96. The molecule has 0 aromatic rings. The van der Waals surface area contributed by atoms with Crippen molar-refractivity contribution >= 4 is 40.9 Å². The molecule has 6 nitrogen and oxygen atoms in total. The number of alkyl halides is 3. The van der Waals surface area contributed by atoms with E-state index in [0.717, 1.165) is 0 Å². The number of aliphatic carboxylic acids is 1. The summed E-state index contributed by atoms with van der Waals surface area (Å²) in [5.41, 5.74) is -3.53. The Labute approximate surface area is 189 Å². The number of fused-ring (bicyclic) bond motifs is 5. The van der Waals surface area contributed by atoms with Crippen LogP contribution in [0.5, 0.6) is 0 Å². The molecule has 0 unspecified atom stereocenters. The lowest BCUT2D eigenvalue weighted by Crippen LogP contribution is -2.63. The SMILES string of the molecule is C[C@]12C=CC(=O)C=C1[C@@H](F)C[C@@H]1[C@@H]2[C@@H](O)C[C@@]2(C)[C@H]1CC[C@]2(OC(=O)C(Cl)Cl)C(=O)O. The van der Waals surface area contributed by atoms with E-state index in [2.05, 4.69) is 0 Å². The number of ether oxygens (including phenoxy) is 1. The zero-order valence-electron chi connectivity index (χ0n) is 17.2. The van der Waals surface area contributed by atoms with Crippen LogP contribution in [0.15, 0.2) is 23.8 Å². The Morgan fingerprint density at radius 3 is 2.61 bits per heavy atom. The molecule has 0 amide bonds. The van der Waals surface area contributed by atoms with E-state index in [0.29, 0.717) is 12.0 Å². The van der Waals surface area contributed by atoms with Gasteiger partial charge < -0.3 is 14.9 Å². The number of carboxylic acids is 1. The molecule has 4 rings (SSSR count). The fraction of sp³-hybridized carbons (Fsp3) is 0.682. The molecule has 31 heavy (non-hydrogen) atoms. The summed E-state index contributed by atoms with van der Waals surface area (Å²) >= 11 is 11.2. The number of rotatable bonds is 3. The second-order valence-corrected chi connectivity index (χ2v) is 10.8. The van der Waals surface area contributed by atoms with Crippen LogP contribution in [0.2, 0.25) is 0 Å². The van der Waals surface area contributed by atoms with Gasteiger partial charge in [-0.3, -0.25) is 4.79 Å². The predicted molar refractivity (Wildman–Crippen MR) is 110 cm³/mol. The molecular weight excluding hydrogens is 450 g/mol. The van der Waals surface area contributed by atoms with Gasteiger partial charge in [0.25, 0.3) is 0 Å². The van der Waals surface area contributed by atoms with Crippen molar-refractivity contribution in [1.82, 2.24) is 0 Å². The standard InChI is InChI=1S/C22H25Cl2FO6/c1-20-5-3-10(26)7-13(20)14(25)8-11-12-4-6-22(19(29)30,31-18(28)17(23)24)21(12,2)9-15(27)16(11)20/h3,5,7,11-12,14-17,27H,4,6,8-9H2,1-2H3,(H,29,30)/t11-,12-,14-,15-,16+,20-,21-,22-/m0/s1. The quantitative estimate of drug-likeness (QED) is 0.480. The number of aliphatic hydroxyl groups excluding tert-OH is 1. The third-order valence-corrected chi connectivity index (χ3v) is 8.75. The summed E-state index contributed by atoms with van der Waals surface area (Å²) in [5, 5.41) is 21.4. The van der Waals surface area contributed by atoms with Crippen molar-refractivity contribution in [3.8, 4) is 0 Å². The number of hydrogen-bond acceptors (Lipinski definition) is 5. The van der Waals surface area contributed by atoms with Crippen molar-refractivity contribution in [3.05, 3.63) is 23.8 Å². The highest BCUT2D eigenvalue weighted by molar-refractivity contribution is 6.53. The van der Waals surface area contributed by atoms with E-state index in [4.69, 9.17) is 27.9 Å². The summed E-state index contributed by atoms with van der Waals surface area (Å²) in [6.45, 7) is 3.51. The van der Waals surface area contributed by atoms with E-state index >= 15 is 4.39 Å². The summed E-state index contributed by atoms with van der Waals surface area (Å²) in [5.74, 6) is -3.71. The van der Waals surface area contributed by atoms with Crippen LogP contribution < -0.4 is 0 Å². The lowest BCUT2D eigenvalue weighted by molar-refractivity contribution is -0.209. The fourth-order valence-corrected chi connectivity index (χ4v) is 7.19. The average molecular weight is 475 g/mol. The fourth-order valence-electron chi connectivity index (χ4n) is 7.10. The van der Waals surface area contributed by atoms with E-state index in [1.807, 2.05) is 6.92 Å². The number of carboxylic acid groups (broad SMARTS) is 1. The Morgan fingerprint density at radius 1 is 1.32 bits per heavy atom. The van der Waals surface area contributed by atoms with E-state index in [-0.39, 0.29) is 42.8 Å². The molecule has 3 saturated carbocycles. The van der Waals surface area contributed by atoms with Gasteiger partial charge in [-0.1, -0.05) is 43.1 Å². The molecule has 0 spiro atoms. The minimum atomic E-state index is -1.91. The molecule has 3 fully saturated rings. The molecular formula is C22H25Cl2FO6. The van der Waals surface area contributed by atoms with Gasteiger partial charge in [-0.2, -0.15) is 0 Å². The minimum absolute atomic E-state index is 0.0242. The first kappa shape index (κ1) is 22.7. The van der Waals surface area contributed by atoms with E-state index in [1.54, 1.807) is 13.0 Å². The second kappa shape index (κ2) is 7.29. The largest absolute Gasteiger partial charge is 0.478 e. The van der Waals surface area contributed by atoms with Crippen molar-refractivity contribution < 1.29 is 33.7 Å². The van der Waals surface area contributed by atoms with Crippen LogP contribution in [0, 0.1) is 28.6 Å². The van der Waals surface area contributed by atoms with Crippen molar-refractivity contribution in [2.45, 2.75) is 62.2 Å².